The van der Waals surface area contributed by atoms with Crippen LogP contribution in [0.15, 0.2) is 30.6 Å². The lowest BCUT2D eigenvalue weighted by Gasteiger charge is -2.29. The Morgan fingerprint density at radius 1 is 1.35 bits per heavy atom. The summed E-state index contributed by atoms with van der Waals surface area (Å²) < 4.78 is 2.18. The third-order valence-electron chi connectivity index (χ3n) is 4.08. The van der Waals surface area contributed by atoms with Gasteiger partial charge in [-0.05, 0) is 42.2 Å². The molecular weight excluding hydrogens is 328 g/mol. The van der Waals surface area contributed by atoms with E-state index in [0.29, 0.717) is 0 Å². The summed E-state index contributed by atoms with van der Waals surface area (Å²) >= 11 is 0. The molecule has 0 spiro atoms. The van der Waals surface area contributed by atoms with Crippen LogP contribution in [0.25, 0.3) is 17.1 Å². The van der Waals surface area contributed by atoms with Crippen LogP contribution >= 0.6 is 0 Å². The van der Waals surface area contributed by atoms with Crippen molar-refractivity contribution in [2.24, 2.45) is 5.41 Å². The molecule has 0 bridgehead atoms. The van der Waals surface area contributed by atoms with Crippen molar-refractivity contribution in [3.05, 3.63) is 36.2 Å². The Morgan fingerprint density at radius 3 is 2.77 bits per heavy atom. The number of aromatic nitrogens is 2. The number of carbonyl (C=O) groups is 1. The molecular formula is C20H30N4O2. The van der Waals surface area contributed by atoms with Crippen molar-refractivity contribution in [3.8, 4) is 0 Å². The second kappa shape index (κ2) is 8.96. The third kappa shape index (κ3) is 5.97. The van der Waals surface area contributed by atoms with E-state index in [1.807, 2.05) is 24.5 Å². The van der Waals surface area contributed by atoms with E-state index in [4.69, 9.17) is 5.21 Å². The lowest BCUT2D eigenvalue weighted by molar-refractivity contribution is -0.124. The molecule has 0 saturated heterocycles. The highest BCUT2D eigenvalue weighted by Crippen LogP contribution is 2.18. The SMILES string of the molecule is CCCN(CCn1cnc2cc(C=CC(=O)NO)ccc21)CC(C)(C)C. The number of amides is 1. The maximum Gasteiger partial charge on any atom is 0.267 e. The summed E-state index contributed by atoms with van der Waals surface area (Å²) in [6.45, 7) is 13.1. The van der Waals surface area contributed by atoms with Crippen LogP contribution in [0.2, 0.25) is 0 Å². The number of hydrogen-bond donors (Lipinski definition) is 2. The Balaban J connectivity index is 2.08. The molecule has 1 aromatic carbocycles. The molecule has 1 aromatic heterocycles. The smallest absolute Gasteiger partial charge is 0.267 e. The molecule has 0 aliphatic heterocycles. The van der Waals surface area contributed by atoms with E-state index >= 15 is 0 Å². The van der Waals surface area contributed by atoms with Crippen LogP contribution in [-0.2, 0) is 11.3 Å². The number of nitrogens with one attached hydrogen (secondary N) is 1. The number of imidazole rings is 1. The van der Waals surface area contributed by atoms with E-state index in [0.717, 1.165) is 49.2 Å². The highest BCUT2D eigenvalue weighted by atomic mass is 16.5. The molecule has 0 unspecified atom stereocenters. The van der Waals surface area contributed by atoms with Crippen LogP contribution in [0.3, 0.4) is 0 Å². The summed E-state index contributed by atoms with van der Waals surface area (Å²) in [4.78, 5) is 18.1. The zero-order chi connectivity index (χ0) is 19.2. The standard InChI is InChI=1S/C20H30N4O2/c1-5-10-23(14-20(2,3)4)11-12-24-15-21-17-13-16(6-8-18(17)24)7-9-19(25)22-26/h6-9,13,15,26H,5,10-12,14H2,1-4H3,(H,22,25). The summed E-state index contributed by atoms with van der Waals surface area (Å²) in [5.74, 6) is -0.550. The van der Waals surface area contributed by atoms with Crippen LogP contribution in [-0.4, -0.2) is 45.2 Å². The summed E-state index contributed by atoms with van der Waals surface area (Å²) in [6.07, 6.45) is 5.96. The zero-order valence-electron chi connectivity index (χ0n) is 16.2. The molecule has 2 aromatic rings. The summed E-state index contributed by atoms with van der Waals surface area (Å²) in [5, 5.41) is 8.53. The van der Waals surface area contributed by atoms with Crippen molar-refractivity contribution in [3.63, 3.8) is 0 Å². The molecule has 6 nitrogen and oxygen atoms in total. The quantitative estimate of drug-likeness (QED) is 0.431. The minimum atomic E-state index is -0.550. The average Bonchev–Trinajstić information content (AvgIpc) is 2.98. The topological polar surface area (TPSA) is 70.4 Å². The Bertz CT molecular complexity index is 759. The average molecular weight is 358 g/mol. The largest absolute Gasteiger partial charge is 0.329 e. The van der Waals surface area contributed by atoms with E-state index in [1.165, 1.54) is 6.08 Å². The number of hydroxylamine groups is 1. The van der Waals surface area contributed by atoms with Crippen molar-refractivity contribution >= 4 is 23.0 Å². The number of rotatable bonds is 8. The van der Waals surface area contributed by atoms with Crippen molar-refractivity contribution in [2.75, 3.05) is 19.6 Å². The van der Waals surface area contributed by atoms with E-state index < -0.39 is 5.91 Å². The molecule has 0 fully saturated rings. The maximum absolute atomic E-state index is 11.1. The van der Waals surface area contributed by atoms with Crippen molar-refractivity contribution < 1.29 is 10.0 Å². The van der Waals surface area contributed by atoms with Gasteiger partial charge in [0, 0.05) is 25.7 Å². The van der Waals surface area contributed by atoms with Crippen molar-refractivity contribution in [2.45, 2.75) is 40.7 Å². The highest BCUT2D eigenvalue weighted by Gasteiger charge is 2.16. The molecule has 6 heteroatoms. The molecule has 142 valence electrons. The van der Waals surface area contributed by atoms with Gasteiger partial charge in [-0.15, -0.1) is 0 Å². The number of benzene rings is 1. The second-order valence-electron chi connectivity index (χ2n) is 7.83. The zero-order valence-corrected chi connectivity index (χ0v) is 16.2. The monoisotopic (exact) mass is 358 g/mol. The molecule has 26 heavy (non-hydrogen) atoms. The number of fused-ring (bicyclic) bond motifs is 1. The van der Waals surface area contributed by atoms with Crippen LogP contribution < -0.4 is 5.48 Å². The van der Waals surface area contributed by atoms with Gasteiger partial charge in [0.2, 0.25) is 0 Å². The number of nitrogens with zero attached hydrogens (tertiary/aromatic N) is 3. The fourth-order valence-corrected chi connectivity index (χ4v) is 3.08. The highest BCUT2D eigenvalue weighted by molar-refractivity contribution is 5.91. The molecule has 0 aliphatic rings. The van der Waals surface area contributed by atoms with Gasteiger partial charge < -0.3 is 9.47 Å². The Labute approximate surface area is 155 Å². The lowest BCUT2D eigenvalue weighted by atomic mass is 9.96. The fraction of sp³-hybridized carbons (Fsp3) is 0.500. The molecule has 1 heterocycles. The number of carbonyl (C=O) groups excluding carboxylic acids is 1. The third-order valence-corrected chi connectivity index (χ3v) is 4.08. The van der Waals surface area contributed by atoms with Gasteiger partial charge in [-0.2, -0.15) is 0 Å². The van der Waals surface area contributed by atoms with E-state index in [1.54, 1.807) is 11.6 Å². The van der Waals surface area contributed by atoms with Gasteiger partial charge in [0.25, 0.3) is 5.91 Å². The summed E-state index contributed by atoms with van der Waals surface area (Å²) in [7, 11) is 0. The van der Waals surface area contributed by atoms with Gasteiger partial charge in [0.1, 0.15) is 0 Å². The van der Waals surface area contributed by atoms with Gasteiger partial charge in [-0.1, -0.05) is 33.8 Å². The minimum absolute atomic E-state index is 0.286. The van der Waals surface area contributed by atoms with Gasteiger partial charge >= 0.3 is 0 Å². The van der Waals surface area contributed by atoms with Crippen LogP contribution in [0.4, 0.5) is 0 Å². The Kier molecular flexibility index (Phi) is 6.94. The first-order valence-corrected chi connectivity index (χ1v) is 9.12. The molecule has 0 radical (unpaired) electrons. The number of hydrogen-bond acceptors (Lipinski definition) is 4. The van der Waals surface area contributed by atoms with E-state index in [9.17, 15) is 4.79 Å². The normalized spacial score (nSPS) is 12.4. The molecule has 0 atom stereocenters. The second-order valence-corrected chi connectivity index (χ2v) is 7.83. The predicted molar refractivity (Wildman–Crippen MR) is 105 cm³/mol. The van der Waals surface area contributed by atoms with Crippen molar-refractivity contribution in [1.29, 1.82) is 0 Å². The first-order valence-electron chi connectivity index (χ1n) is 9.12. The van der Waals surface area contributed by atoms with Crippen LogP contribution in [0.5, 0.6) is 0 Å². The lowest BCUT2D eigenvalue weighted by Crippen LogP contribution is -2.35. The molecule has 1 amide bonds. The first-order chi connectivity index (χ1) is 12.3. The van der Waals surface area contributed by atoms with Crippen LogP contribution in [0, 0.1) is 5.41 Å². The van der Waals surface area contributed by atoms with Gasteiger partial charge in [-0.3, -0.25) is 10.0 Å². The Morgan fingerprint density at radius 2 is 2.12 bits per heavy atom. The van der Waals surface area contributed by atoms with E-state index in [-0.39, 0.29) is 5.41 Å². The van der Waals surface area contributed by atoms with E-state index in [2.05, 4.69) is 42.1 Å². The molecule has 2 rings (SSSR count). The Hall–Kier alpha value is -2.18. The van der Waals surface area contributed by atoms with Crippen molar-refractivity contribution in [1.82, 2.24) is 19.9 Å². The minimum Gasteiger partial charge on any atom is -0.329 e. The maximum atomic E-state index is 11.1. The molecule has 2 N–H and O–H groups in total. The molecule has 0 saturated carbocycles. The fourth-order valence-electron chi connectivity index (χ4n) is 3.08. The van der Waals surface area contributed by atoms with Gasteiger partial charge in [0.15, 0.2) is 0 Å². The summed E-state index contributed by atoms with van der Waals surface area (Å²) in [6, 6.07) is 5.90. The molecule has 0 aliphatic carbocycles. The van der Waals surface area contributed by atoms with Crippen LogP contribution in [0.1, 0.15) is 39.7 Å². The first kappa shape index (κ1) is 20.1. The summed E-state index contributed by atoms with van der Waals surface area (Å²) in [5.41, 5.74) is 4.72. The van der Waals surface area contributed by atoms with Gasteiger partial charge in [0.05, 0.1) is 17.4 Å². The van der Waals surface area contributed by atoms with Gasteiger partial charge in [-0.25, -0.2) is 10.5 Å². The predicted octanol–water partition coefficient (Wildman–Crippen LogP) is 3.31.